The van der Waals surface area contributed by atoms with Gasteiger partial charge in [0.1, 0.15) is 29.9 Å². The maximum Gasteiger partial charge on any atom is 0.247 e. The monoisotopic (exact) mass is 513 g/mol. The number of carbonyl (C=O) groups is 2. The molecule has 1 fully saturated rings. The smallest absolute Gasteiger partial charge is 0.247 e. The summed E-state index contributed by atoms with van der Waals surface area (Å²) in [5.41, 5.74) is 3.00. The van der Waals surface area contributed by atoms with Crippen LogP contribution in [0.2, 0.25) is 0 Å². The molecule has 1 aliphatic rings. The number of nitrogens with zero attached hydrogens (tertiary/aromatic N) is 4. The molecule has 1 saturated heterocycles. The van der Waals surface area contributed by atoms with Crippen molar-refractivity contribution in [3.8, 4) is 11.5 Å². The third-order valence-electron chi connectivity index (χ3n) is 6.70. The molecular weight excluding hydrogens is 485 g/mol. The number of anilines is 1. The molecule has 1 aliphatic heterocycles. The molecule has 4 aromatic rings. The summed E-state index contributed by atoms with van der Waals surface area (Å²) in [4.78, 5) is 29.6. The van der Waals surface area contributed by atoms with Gasteiger partial charge in [0.25, 0.3) is 0 Å². The zero-order valence-electron chi connectivity index (χ0n) is 21.0. The highest BCUT2D eigenvalue weighted by Crippen LogP contribution is 2.29. The van der Waals surface area contributed by atoms with E-state index < -0.39 is 6.04 Å². The maximum atomic E-state index is 13.4. The minimum atomic E-state index is -0.609. The van der Waals surface area contributed by atoms with Gasteiger partial charge in [0.15, 0.2) is 0 Å². The largest absolute Gasteiger partial charge is 0.457 e. The van der Waals surface area contributed by atoms with Crippen molar-refractivity contribution in [3.05, 3.63) is 102 Å². The fraction of sp³-hybridized carbons (Fsp3) is 0.241. The van der Waals surface area contributed by atoms with Crippen LogP contribution in [0.3, 0.4) is 0 Å². The summed E-state index contributed by atoms with van der Waals surface area (Å²) >= 11 is 0. The lowest BCUT2D eigenvalue weighted by atomic mass is 9.94. The van der Waals surface area contributed by atoms with E-state index in [0.29, 0.717) is 30.2 Å². The van der Waals surface area contributed by atoms with Crippen LogP contribution in [-0.2, 0) is 22.6 Å². The Kier molecular flexibility index (Phi) is 7.44. The number of nitrogens with one attached hydrogen (secondary N) is 1. The van der Waals surface area contributed by atoms with Crippen molar-refractivity contribution in [1.29, 1.82) is 0 Å². The molecule has 1 N–H and O–H groups in total. The van der Waals surface area contributed by atoms with Crippen molar-refractivity contribution in [3.63, 3.8) is 0 Å². The first-order valence-corrected chi connectivity index (χ1v) is 12.5. The Labute approximate surface area is 220 Å². The Morgan fingerprint density at radius 2 is 1.63 bits per heavy atom. The van der Waals surface area contributed by atoms with Crippen LogP contribution in [0, 0.1) is 18.7 Å². The van der Waals surface area contributed by atoms with Crippen LogP contribution in [0.25, 0.3) is 0 Å². The Balaban J connectivity index is 1.27. The second-order valence-corrected chi connectivity index (χ2v) is 9.42. The third-order valence-corrected chi connectivity index (χ3v) is 6.70. The van der Waals surface area contributed by atoms with Crippen LogP contribution < -0.4 is 10.1 Å². The Bertz CT molecular complexity index is 1390. The number of aryl methyl sites for hydroxylation is 1. The fourth-order valence-electron chi connectivity index (χ4n) is 4.75. The van der Waals surface area contributed by atoms with E-state index in [-0.39, 0.29) is 30.1 Å². The van der Waals surface area contributed by atoms with Crippen molar-refractivity contribution in [2.75, 3.05) is 11.9 Å². The number of aromatic nitrogens is 3. The fourth-order valence-corrected chi connectivity index (χ4v) is 4.75. The van der Waals surface area contributed by atoms with Crippen LogP contribution in [0.4, 0.5) is 10.1 Å². The van der Waals surface area contributed by atoms with Crippen LogP contribution in [0.1, 0.15) is 17.5 Å². The van der Waals surface area contributed by atoms with Gasteiger partial charge >= 0.3 is 0 Å². The van der Waals surface area contributed by atoms with E-state index in [1.54, 1.807) is 41.3 Å². The molecule has 3 aromatic carbocycles. The van der Waals surface area contributed by atoms with Crippen molar-refractivity contribution in [2.45, 2.75) is 32.4 Å². The number of carbonyl (C=O) groups excluding carboxylic acids is 2. The second kappa shape index (κ2) is 11.2. The minimum absolute atomic E-state index is 0.0245. The molecule has 2 atom stereocenters. The molecule has 0 bridgehead atoms. The number of halogens is 1. The highest BCUT2D eigenvalue weighted by Gasteiger charge is 2.39. The topological polar surface area (TPSA) is 89.4 Å². The first-order chi connectivity index (χ1) is 18.4. The molecule has 2 amide bonds. The van der Waals surface area contributed by atoms with Crippen LogP contribution in [0.15, 0.2) is 85.2 Å². The van der Waals surface area contributed by atoms with Gasteiger partial charge in [0.2, 0.25) is 11.8 Å². The first-order valence-electron chi connectivity index (χ1n) is 12.5. The van der Waals surface area contributed by atoms with E-state index in [1.165, 1.54) is 40.4 Å². The van der Waals surface area contributed by atoms with Crippen molar-refractivity contribution >= 4 is 17.5 Å². The van der Waals surface area contributed by atoms with Crippen LogP contribution >= 0.6 is 0 Å². The average molecular weight is 514 g/mol. The standard InChI is InChI=1S/C29H28FN5O3/c1-20-4-2-3-5-22(20)16-21-17-27(34(18-21)28(36)19-35-31-14-15-32-35)29(37)33-24-8-12-26(13-9-24)38-25-10-6-23(30)7-11-25/h2-15,21,27H,16-19H2,1H3,(H,33,37)/t21?,27-/m0/s1. The summed E-state index contributed by atoms with van der Waals surface area (Å²) in [6, 6.07) is 20.2. The Hall–Kier alpha value is -4.53. The Morgan fingerprint density at radius 3 is 2.32 bits per heavy atom. The summed E-state index contributed by atoms with van der Waals surface area (Å²) in [7, 11) is 0. The van der Waals surface area contributed by atoms with E-state index in [4.69, 9.17) is 4.74 Å². The predicted molar refractivity (Wildman–Crippen MR) is 140 cm³/mol. The van der Waals surface area contributed by atoms with E-state index in [0.717, 1.165) is 6.42 Å². The zero-order valence-corrected chi connectivity index (χ0v) is 21.0. The van der Waals surface area contributed by atoms with E-state index in [2.05, 4.69) is 34.6 Å². The molecule has 9 heteroatoms. The normalized spacial score (nSPS) is 16.8. The van der Waals surface area contributed by atoms with E-state index in [9.17, 15) is 14.0 Å². The molecule has 0 radical (unpaired) electrons. The number of rotatable bonds is 8. The summed E-state index contributed by atoms with van der Waals surface area (Å²) in [5, 5.41) is 11.0. The maximum absolute atomic E-state index is 13.4. The van der Waals surface area contributed by atoms with Crippen LogP contribution in [0.5, 0.6) is 11.5 Å². The molecule has 1 aromatic heterocycles. The minimum Gasteiger partial charge on any atom is -0.457 e. The molecule has 1 unspecified atom stereocenters. The van der Waals surface area contributed by atoms with Crippen molar-refractivity contribution < 1.29 is 18.7 Å². The summed E-state index contributed by atoms with van der Waals surface area (Å²) in [6.07, 6.45) is 4.39. The highest BCUT2D eigenvalue weighted by molar-refractivity contribution is 5.97. The number of amides is 2. The molecule has 8 nitrogen and oxygen atoms in total. The lowest BCUT2D eigenvalue weighted by Crippen LogP contribution is -2.44. The van der Waals surface area contributed by atoms with Gasteiger partial charge in [0, 0.05) is 12.2 Å². The Morgan fingerprint density at radius 1 is 0.974 bits per heavy atom. The van der Waals surface area contributed by atoms with Gasteiger partial charge < -0.3 is 15.0 Å². The number of benzene rings is 3. The highest BCUT2D eigenvalue weighted by atomic mass is 19.1. The molecule has 0 spiro atoms. The van der Waals surface area contributed by atoms with Crippen molar-refractivity contribution in [2.24, 2.45) is 5.92 Å². The molecule has 2 heterocycles. The zero-order chi connectivity index (χ0) is 26.5. The van der Waals surface area contributed by atoms with E-state index >= 15 is 0 Å². The van der Waals surface area contributed by atoms with Gasteiger partial charge in [-0.3, -0.25) is 9.59 Å². The first kappa shape index (κ1) is 25.1. The average Bonchev–Trinajstić information content (AvgIpc) is 3.58. The second-order valence-electron chi connectivity index (χ2n) is 9.42. The summed E-state index contributed by atoms with van der Waals surface area (Å²) in [6.45, 7) is 2.53. The number of hydrogen-bond acceptors (Lipinski definition) is 5. The SMILES string of the molecule is Cc1ccccc1CC1C[C@@H](C(=O)Nc2ccc(Oc3ccc(F)cc3)cc2)N(C(=O)Cn2nccn2)C1. The number of likely N-dealkylation sites (tertiary alicyclic amines) is 1. The molecule has 38 heavy (non-hydrogen) atoms. The van der Waals surface area contributed by atoms with Gasteiger partial charge in [0.05, 0.1) is 12.4 Å². The molecule has 194 valence electrons. The number of hydrogen-bond donors (Lipinski definition) is 1. The lowest BCUT2D eigenvalue weighted by Gasteiger charge is -2.24. The summed E-state index contributed by atoms with van der Waals surface area (Å²) in [5.74, 6) is 0.430. The van der Waals surface area contributed by atoms with Crippen LogP contribution in [-0.4, -0.2) is 44.3 Å². The van der Waals surface area contributed by atoms with Gasteiger partial charge in [-0.2, -0.15) is 15.0 Å². The van der Waals surface area contributed by atoms with Gasteiger partial charge in [-0.25, -0.2) is 4.39 Å². The van der Waals surface area contributed by atoms with E-state index in [1.807, 2.05) is 12.1 Å². The van der Waals surface area contributed by atoms with Gasteiger partial charge in [-0.05, 0) is 85.3 Å². The molecule has 0 saturated carbocycles. The van der Waals surface area contributed by atoms with Gasteiger partial charge in [-0.1, -0.05) is 24.3 Å². The predicted octanol–water partition coefficient (Wildman–Crippen LogP) is 4.62. The molecule has 5 rings (SSSR count). The summed E-state index contributed by atoms with van der Waals surface area (Å²) < 4.78 is 18.8. The quantitative estimate of drug-likeness (QED) is 0.372. The third kappa shape index (κ3) is 6.05. The number of ether oxygens (including phenoxy) is 1. The van der Waals surface area contributed by atoms with Crippen molar-refractivity contribution in [1.82, 2.24) is 19.9 Å². The molecular formula is C29H28FN5O3. The van der Waals surface area contributed by atoms with Gasteiger partial charge in [-0.15, -0.1) is 0 Å². The lowest BCUT2D eigenvalue weighted by molar-refractivity contribution is -0.137. The molecule has 0 aliphatic carbocycles.